The zero-order valence-electron chi connectivity index (χ0n) is 15.7. The number of benzene rings is 2. The molecule has 0 aliphatic heterocycles. The van der Waals surface area contributed by atoms with Gasteiger partial charge in [-0.25, -0.2) is 0 Å². The van der Waals surface area contributed by atoms with E-state index in [2.05, 4.69) is 16.0 Å². The van der Waals surface area contributed by atoms with Crippen molar-refractivity contribution in [3.63, 3.8) is 0 Å². The average Bonchev–Trinajstić information content (AvgIpc) is 3.27. The second kappa shape index (κ2) is 10.1. The smallest absolute Gasteiger partial charge is 0.268 e. The molecule has 0 atom stereocenters. The van der Waals surface area contributed by atoms with E-state index < -0.39 is 17.7 Å². The zero-order valence-corrected chi connectivity index (χ0v) is 16.5. The van der Waals surface area contributed by atoms with Crippen molar-refractivity contribution in [1.82, 2.24) is 10.6 Å². The van der Waals surface area contributed by atoms with Gasteiger partial charge in [-0.05, 0) is 48.5 Å². The molecule has 152 valence electrons. The van der Waals surface area contributed by atoms with Crippen LogP contribution in [0.15, 0.2) is 83.1 Å². The first-order valence-electron chi connectivity index (χ1n) is 8.96. The van der Waals surface area contributed by atoms with Crippen molar-refractivity contribution in [3.05, 3.63) is 95.0 Å². The third kappa shape index (κ3) is 6.08. The fraction of sp³-hybridized carbons (Fsp3) is 0.0455. The number of carbonyl (C=O) groups excluding carboxylic acids is 3. The van der Waals surface area contributed by atoms with Crippen molar-refractivity contribution in [1.29, 1.82) is 0 Å². The van der Waals surface area contributed by atoms with Gasteiger partial charge in [0.1, 0.15) is 11.5 Å². The van der Waals surface area contributed by atoms with Crippen LogP contribution in [-0.4, -0.2) is 24.3 Å². The van der Waals surface area contributed by atoms with Gasteiger partial charge in [0, 0.05) is 22.3 Å². The SMILES string of the molecule is O=C(CNC(=O)C(=Cc1ccco1)NC(=O)c1ccccc1)Nc1ccc(Cl)cc1. The highest BCUT2D eigenvalue weighted by Gasteiger charge is 2.16. The third-order valence-electron chi connectivity index (χ3n) is 3.90. The number of rotatable bonds is 7. The van der Waals surface area contributed by atoms with E-state index in [-0.39, 0.29) is 12.2 Å². The number of amides is 3. The van der Waals surface area contributed by atoms with Crippen LogP contribution in [0.1, 0.15) is 16.1 Å². The molecule has 3 rings (SSSR count). The molecular weight excluding hydrogens is 406 g/mol. The number of furan rings is 1. The van der Waals surface area contributed by atoms with Gasteiger partial charge in [0.25, 0.3) is 11.8 Å². The van der Waals surface area contributed by atoms with Gasteiger partial charge in [-0.1, -0.05) is 29.8 Å². The monoisotopic (exact) mass is 423 g/mol. The number of carbonyl (C=O) groups is 3. The van der Waals surface area contributed by atoms with Gasteiger partial charge in [-0.15, -0.1) is 0 Å². The Kier molecular flexibility index (Phi) is 7.02. The Morgan fingerprint density at radius 3 is 2.33 bits per heavy atom. The second-order valence-electron chi connectivity index (χ2n) is 6.13. The predicted molar refractivity (Wildman–Crippen MR) is 114 cm³/mol. The van der Waals surface area contributed by atoms with Crippen LogP contribution in [0.5, 0.6) is 0 Å². The highest BCUT2D eigenvalue weighted by molar-refractivity contribution is 6.30. The number of anilines is 1. The van der Waals surface area contributed by atoms with Gasteiger partial charge < -0.3 is 20.4 Å². The van der Waals surface area contributed by atoms with E-state index in [1.54, 1.807) is 66.7 Å². The molecule has 7 nitrogen and oxygen atoms in total. The van der Waals surface area contributed by atoms with Gasteiger partial charge in [0.15, 0.2) is 0 Å². The number of hydrogen-bond acceptors (Lipinski definition) is 4. The maximum atomic E-state index is 12.6. The summed E-state index contributed by atoms with van der Waals surface area (Å²) in [5, 5.41) is 8.22. The summed E-state index contributed by atoms with van der Waals surface area (Å²) < 4.78 is 5.22. The number of nitrogens with one attached hydrogen (secondary N) is 3. The molecule has 0 unspecified atom stereocenters. The Bertz CT molecular complexity index is 1050. The number of hydrogen-bond donors (Lipinski definition) is 3. The van der Waals surface area contributed by atoms with Gasteiger partial charge in [-0.3, -0.25) is 14.4 Å². The fourth-order valence-electron chi connectivity index (χ4n) is 2.45. The summed E-state index contributed by atoms with van der Waals surface area (Å²) in [6, 6.07) is 18.3. The molecule has 0 radical (unpaired) electrons. The van der Waals surface area contributed by atoms with E-state index in [4.69, 9.17) is 16.0 Å². The van der Waals surface area contributed by atoms with Crippen LogP contribution in [-0.2, 0) is 9.59 Å². The largest absolute Gasteiger partial charge is 0.465 e. The predicted octanol–water partition coefficient (Wildman–Crippen LogP) is 3.46. The van der Waals surface area contributed by atoms with Crippen LogP contribution in [0.2, 0.25) is 5.02 Å². The highest BCUT2D eigenvalue weighted by atomic mass is 35.5. The summed E-state index contributed by atoms with van der Waals surface area (Å²) >= 11 is 5.81. The van der Waals surface area contributed by atoms with Crippen LogP contribution in [0, 0.1) is 0 Å². The minimum atomic E-state index is -0.637. The van der Waals surface area contributed by atoms with E-state index in [0.717, 1.165) is 0 Å². The Balaban J connectivity index is 1.65. The first-order valence-corrected chi connectivity index (χ1v) is 9.34. The Hall–Kier alpha value is -3.84. The molecule has 0 bridgehead atoms. The lowest BCUT2D eigenvalue weighted by atomic mass is 10.2. The molecule has 0 saturated carbocycles. The molecule has 0 saturated heterocycles. The summed E-state index contributed by atoms with van der Waals surface area (Å²) in [5.41, 5.74) is 0.872. The molecule has 1 aromatic heterocycles. The lowest BCUT2D eigenvalue weighted by molar-refractivity contribution is -0.121. The molecule has 0 spiro atoms. The van der Waals surface area contributed by atoms with Crippen molar-refractivity contribution in [2.45, 2.75) is 0 Å². The van der Waals surface area contributed by atoms with Gasteiger partial charge in [0.05, 0.1) is 12.8 Å². The summed E-state index contributed by atoms with van der Waals surface area (Å²) in [6.45, 7) is -0.293. The van der Waals surface area contributed by atoms with Crippen molar-refractivity contribution >= 4 is 41.1 Å². The maximum absolute atomic E-state index is 12.6. The minimum absolute atomic E-state index is 0.0573. The quantitative estimate of drug-likeness (QED) is 0.506. The van der Waals surface area contributed by atoms with Crippen molar-refractivity contribution in [2.24, 2.45) is 0 Å². The Morgan fingerprint density at radius 2 is 1.67 bits per heavy atom. The molecular formula is C22H18ClN3O4. The molecule has 30 heavy (non-hydrogen) atoms. The molecule has 3 amide bonds. The van der Waals surface area contributed by atoms with Crippen LogP contribution in [0.4, 0.5) is 5.69 Å². The first-order chi connectivity index (χ1) is 14.5. The molecule has 2 aromatic carbocycles. The first kappa shape index (κ1) is 20.9. The molecule has 3 aromatic rings. The lowest BCUT2D eigenvalue weighted by Gasteiger charge is -2.11. The summed E-state index contributed by atoms with van der Waals surface area (Å²) in [4.78, 5) is 37.1. The van der Waals surface area contributed by atoms with Crippen LogP contribution in [0.25, 0.3) is 6.08 Å². The van der Waals surface area contributed by atoms with Gasteiger partial charge >= 0.3 is 0 Å². The van der Waals surface area contributed by atoms with E-state index in [1.807, 2.05) is 0 Å². The van der Waals surface area contributed by atoms with Crippen molar-refractivity contribution in [2.75, 3.05) is 11.9 Å². The Labute approximate surface area is 177 Å². The molecule has 1 heterocycles. The molecule has 3 N–H and O–H groups in total. The zero-order chi connectivity index (χ0) is 21.3. The van der Waals surface area contributed by atoms with E-state index in [0.29, 0.717) is 22.0 Å². The van der Waals surface area contributed by atoms with Crippen molar-refractivity contribution < 1.29 is 18.8 Å². The van der Waals surface area contributed by atoms with Gasteiger partial charge in [-0.2, -0.15) is 0 Å². The van der Waals surface area contributed by atoms with Crippen LogP contribution in [0.3, 0.4) is 0 Å². The maximum Gasteiger partial charge on any atom is 0.268 e. The lowest BCUT2D eigenvalue weighted by Crippen LogP contribution is -2.38. The minimum Gasteiger partial charge on any atom is -0.465 e. The van der Waals surface area contributed by atoms with E-state index in [1.165, 1.54) is 12.3 Å². The topological polar surface area (TPSA) is 100 Å². The summed E-state index contributed by atoms with van der Waals surface area (Å²) in [5.74, 6) is -1.16. The fourth-order valence-corrected chi connectivity index (χ4v) is 2.58. The number of halogens is 1. The second-order valence-corrected chi connectivity index (χ2v) is 6.57. The Morgan fingerprint density at radius 1 is 0.933 bits per heavy atom. The van der Waals surface area contributed by atoms with Crippen LogP contribution >= 0.6 is 11.6 Å². The highest BCUT2D eigenvalue weighted by Crippen LogP contribution is 2.13. The van der Waals surface area contributed by atoms with Gasteiger partial charge in [0.2, 0.25) is 5.91 Å². The standard InChI is InChI=1S/C22H18ClN3O4/c23-16-8-10-17(11-9-16)25-20(27)14-24-22(29)19(13-18-7-4-12-30-18)26-21(28)15-5-2-1-3-6-15/h1-13H,14H2,(H,24,29)(H,25,27)(H,26,28). The summed E-state index contributed by atoms with van der Waals surface area (Å²) in [6.07, 6.45) is 2.83. The van der Waals surface area contributed by atoms with E-state index in [9.17, 15) is 14.4 Å². The molecule has 8 heteroatoms. The van der Waals surface area contributed by atoms with E-state index >= 15 is 0 Å². The molecule has 0 aliphatic rings. The molecule has 0 aliphatic carbocycles. The summed E-state index contributed by atoms with van der Waals surface area (Å²) in [7, 11) is 0. The third-order valence-corrected chi connectivity index (χ3v) is 4.15. The van der Waals surface area contributed by atoms with Crippen LogP contribution < -0.4 is 16.0 Å². The average molecular weight is 424 g/mol. The normalized spacial score (nSPS) is 10.9. The molecule has 0 fully saturated rings. The van der Waals surface area contributed by atoms with Crippen molar-refractivity contribution in [3.8, 4) is 0 Å².